The van der Waals surface area contributed by atoms with Crippen molar-refractivity contribution < 1.29 is 27.2 Å². The number of halogens is 3. The first kappa shape index (κ1) is 19.8. The lowest BCUT2D eigenvalue weighted by Gasteiger charge is -2.35. The van der Waals surface area contributed by atoms with Gasteiger partial charge in [0.1, 0.15) is 5.58 Å². The largest absolute Gasteiger partial charge is 0.471 e. The van der Waals surface area contributed by atoms with Crippen molar-refractivity contribution in [1.29, 1.82) is 0 Å². The molecule has 1 aliphatic rings. The fraction of sp³-hybridized carbons (Fsp3) is 0.238. The number of para-hydroxylation sites is 1. The maximum absolute atomic E-state index is 12.7. The van der Waals surface area contributed by atoms with Crippen molar-refractivity contribution in [3.63, 3.8) is 0 Å². The number of piperazine rings is 1. The number of carbonyl (C=O) groups is 2. The van der Waals surface area contributed by atoms with E-state index in [-0.39, 0.29) is 11.6 Å². The van der Waals surface area contributed by atoms with Crippen LogP contribution >= 0.6 is 0 Å². The van der Waals surface area contributed by atoms with Gasteiger partial charge in [0.05, 0.1) is 0 Å². The molecule has 3 aromatic rings. The summed E-state index contributed by atoms with van der Waals surface area (Å²) in [6, 6.07) is 15.3. The molecule has 0 atom stereocenters. The van der Waals surface area contributed by atoms with E-state index in [1.807, 2.05) is 34.5 Å². The molecular weight excluding hydrogens is 399 g/mol. The van der Waals surface area contributed by atoms with Gasteiger partial charge in [-0.1, -0.05) is 18.2 Å². The molecule has 1 fully saturated rings. The molecule has 0 spiro atoms. The van der Waals surface area contributed by atoms with Gasteiger partial charge in [-0.2, -0.15) is 13.2 Å². The molecule has 0 bridgehead atoms. The van der Waals surface area contributed by atoms with Gasteiger partial charge in [0.15, 0.2) is 5.76 Å². The molecule has 0 saturated carbocycles. The van der Waals surface area contributed by atoms with Crippen LogP contribution < -0.4 is 10.2 Å². The second kappa shape index (κ2) is 7.74. The van der Waals surface area contributed by atoms with Gasteiger partial charge in [-0.3, -0.25) is 9.59 Å². The molecule has 2 aromatic carbocycles. The van der Waals surface area contributed by atoms with Gasteiger partial charge in [-0.25, -0.2) is 0 Å². The Balaban J connectivity index is 1.36. The Morgan fingerprint density at radius 2 is 1.60 bits per heavy atom. The highest BCUT2D eigenvalue weighted by atomic mass is 19.4. The summed E-state index contributed by atoms with van der Waals surface area (Å²) in [4.78, 5) is 27.5. The molecule has 0 unspecified atom stereocenters. The minimum absolute atomic E-state index is 0.0692. The molecule has 1 N–H and O–H groups in total. The zero-order valence-corrected chi connectivity index (χ0v) is 15.8. The molecule has 1 aliphatic heterocycles. The summed E-state index contributed by atoms with van der Waals surface area (Å²) >= 11 is 0. The van der Waals surface area contributed by atoms with Crippen LogP contribution in [0.4, 0.5) is 24.5 Å². The summed E-state index contributed by atoms with van der Waals surface area (Å²) in [6.07, 6.45) is -4.93. The Labute approximate surface area is 169 Å². The normalized spacial score (nSPS) is 14.8. The highest BCUT2D eigenvalue weighted by Gasteiger charge is 2.38. The lowest BCUT2D eigenvalue weighted by atomic mass is 10.2. The lowest BCUT2D eigenvalue weighted by molar-refractivity contribution is -0.167. The number of nitrogens with zero attached hydrogens (tertiary/aromatic N) is 2. The molecule has 1 saturated heterocycles. The molecule has 4 rings (SSSR count). The first-order valence-electron chi connectivity index (χ1n) is 9.32. The number of rotatable bonds is 3. The maximum atomic E-state index is 12.7. The molecule has 2 amide bonds. The zero-order valence-electron chi connectivity index (χ0n) is 15.8. The number of furan rings is 1. The number of hydrogen-bond donors (Lipinski definition) is 1. The highest BCUT2D eigenvalue weighted by Crippen LogP contribution is 2.24. The van der Waals surface area contributed by atoms with Crippen molar-refractivity contribution in [2.75, 3.05) is 36.4 Å². The van der Waals surface area contributed by atoms with Crippen molar-refractivity contribution >= 4 is 34.2 Å². The van der Waals surface area contributed by atoms with Crippen LogP contribution in [0.5, 0.6) is 0 Å². The van der Waals surface area contributed by atoms with Gasteiger partial charge in [0.25, 0.3) is 5.91 Å². The third kappa shape index (κ3) is 4.10. The van der Waals surface area contributed by atoms with Gasteiger partial charge < -0.3 is 19.5 Å². The van der Waals surface area contributed by atoms with Crippen LogP contribution in [0, 0.1) is 0 Å². The van der Waals surface area contributed by atoms with E-state index in [2.05, 4.69) is 0 Å². The Kier molecular flexibility index (Phi) is 5.11. The third-order valence-corrected chi connectivity index (χ3v) is 4.95. The Morgan fingerprint density at radius 3 is 2.23 bits per heavy atom. The number of nitrogens with one attached hydrogen (secondary N) is 1. The van der Waals surface area contributed by atoms with Crippen LogP contribution in [0.25, 0.3) is 11.0 Å². The number of alkyl halides is 3. The lowest BCUT2D eigenvalue weighted by Crippen LogP contribution is -2.48. The fourth-order valence-corrected chi connectivity index (χ4v) is 3.37. The predicted molar refractivity (Wildman–Crippen MR) is 105 cm³/mol. The average molecular weight is 417 g/mol. The maximum Gasteiger partial charge on any atom is 0.471 e. The summed E-state index contributed by atoms with van der Waals surface area (Å²) < 4.78 is 42.6. The van der Waals surface area contributed by atoms with Crippen molar-refractivity contribution in [2.45, 2.75) is 6.18 Å². The van der Waals surface area contributed by atoms with E-state index in [1.165, 1.54) is 12.1 Å². The summed E-state index contributed by atoms with van der Waals surface area (Å²) in [5.41, 5.74) is 1.54. The molecule has 30 heavy (non-hydrogen) atoms. The standard InChI is InChI=1S/C21H18F3N3O3/c22-21(23,24)20(29)25-15-5-7-16(8-6-15)26-9-11-27(12-10-26)19(28)18-13-14-3-1-2-4-17(14)30-18/h1-8,13H,9-12H2,(H,25,29). The quantitative estimate of drug-likeness (QED) is 0.702. The van der Waals surface area contributed by atoms with E-state index < -0.39 is 12.1 Å². The van der Waals surface area contributed by atoms with Crippen LogP contribution in [0.3, 0.4) is 0 Å². The van der Waals surface area contributed by atoms with Crippen LogP contribution in [0.2, 0.25) is 0 Å². The monoisotopic (exact) mass is 417 g/mol. The topological polar surface area (TPSA) is 65.8 Å². The van der Waals surface area contributed by atoms with Gasteiger partial charge in [0.2, 0.25) is 0 Å². The van der Waals surface area contributed by atoms with Crippen molar-refractivity contribution in [2.24, 2.45) is 0 Å². The second-order valence-corrected chi connectivity index (χ2v) is 6.93. The number of carbonyl (C=O) groups excluding carboxylic acids is 2. The minimum atomic E-state index is -4.93. The van der Waals surface area contributed by atoms with Crippen LogP contribution in [0.1, 0.15) is 10.6 Å². The van der Waals surface area contributed by atoms with Crippen molar-refractivity contribution in [1.82, 2.24) is 4.90 Å². The smallest absolute Gasteiger partial charge is 0.451 e. The van der Waals surface area contributed by atoms with Crippen LogP contribution in [-0.4, -0.2) is 49.1 Å². The van der Waals surface area contributed by atoms with E-state index in [0.29, 0.717) is 37.5 Å². The Morgan fingerprint density at radius 1 is 0.933 bits per heavy atom. The van der Waals surface area contributed by atoms with Crippen molar-refractivity contribution in [3.05, 3.63) is 60.4 Å². The first-order valence-corrected chi connectivity index (χ1v) is 9.32. The summed E-state index contributed by atoms with van der Waals surface area (Å²) in [7, 11) is 0. The molecule has 0 aliphatic carbocycles. The zero-order chi connectivity index (χ0) is 21.3. The number of benzene rings is 2. The van der Waals surface area contributed by atoms with E-state index in [9.17, 15) is 22.8 Å². The summed E-state index contributed by atoms with van der Waals surface area (Å²) in [5, 5.41) is 2.69. The van der Waals surface area contributed by atoms with Gasteiger partial charge in [-0.15, -0.1) is 0 Å². The number of fused-ring (bicyclic) bond motifs is 1. The number of anilines is 2. The molecule has 2 heterocycles. The van der Waals surface area contributed by atoms with E-state index in [1.54, 1.807) is 23.1 Å². The highest BCUT2D eigenvalue weighted by molar-refractivity contribution is 5.96. The molecule has 9 heteroatoms. The van der Waals surface area contributed by atoms with E-state index in [4.69, 9.17) is 4.42 Å². The SMILES string of the molecule is O=C(c1cc2ccccc2o1)N1CCN(c2ccc(NC(=O)C(F)(F)F)cc2)CC1. The van der Waals surface area contributed by atoms with Gasteiger partial charge >= 0.3 is 12.1 Å². The van der Waals surface area contributed by atoms with Crippen LogP contribution in [0.15, 0.2) is 59.0 Å². The summed E-state index contributed by atoms with van der Waals surface area (Å²) in [6.45, 7) is 2.12. The molecular formula is C21H18F3N3O3. The van der Waals surface area contributed by atoms with Gasteiger partial charge in [0, 0.05) is 42.9 Å². The van der Waals surface area contributed by atoms with E-state index in [0.717, 1.165) is 11.1 Å². The van der Waals surface area contributed by atoms with Gasteiger partial charge in [-0.05, 0) is 36.4 Å². The Bertz CT molecular complexity index is 1040. The summed E-state index contributed by atoms with van der Waals surface area (Å²) in [5.74, 6) is -1.88. The minimum Gasteiger partial charge on any atom is -0.451 e. The van der Waals surface area contributed by atoms with Crippen LogP contribution in [-0.2, 0) is 4.79 Å². The molecule has 156 valence electrons. The second-order valence-electron chi connectivity index (χ2n) is 6.93. The third-order valence-electron chi connectivity index (χ3n) is 4.95. The first-order chi connectivity index (χ1) is 14.3. The average Bonchev–Trinajstić information content (AvgIpc) is 3.17. The Hall–Kier alpha value is -3.49. The fourth-order valence-electron chi connectivity index (χ4n) is 3.37. The predicted octanol–water partition coefficient (Wildman–Crippen LogP) is 3.90. The molecule has 1 aromatic heterocycles. The molecule has 6 nitrogen and oxygen atoms in total. The molecule has 0 radical (unpaired) electrons. The van der Waals surface area contributed by atoms with Crippen molar-refractivity contribution in [3.8, 4) is 0 Å². The number of amides is 2. The number of hydrogen-bond acceptors (Lipinski definition) is 4. The van der Waals surface area contributed by atoms with E-state index >= 15 is 0 Å².